The quantitative estimate of drug-likeness (QED) is 0.451. The summed E-state index contributed by atoms with van der Waals surface area (Å²) in [5, 5.41) is 18.5. The topological polar surface area (TPSA) is 52.9 Å². The molecule has 0 heterocycles. The zero-order valence-corrected chi connectivity index (χ0v) is 8.73. The van der Waals surface area contributed by atoms with Gasteiger partial charge in [0.25, 0.3) is 0 Å². The molecule has 0 saturated carbocycles. The smallest absolute Gasteiger partial charge is 0.106 e. The first kappa shape index (κ1) is 12.8. The van der Waals surface area contributed by atoms with Gasteiger partial charge in [-0.1, -0.05) is 0 Å². The van der Waals surface area contributed by atoms with Crippen molar-refractivity contribution in [3.05, 3.63) is 0 Å². The Bertz CT molecular complexity index is 109. The van der Waals surface area contributed by atoms with Crippen LogP contribution >= 0.6 is 0 Å². The molecule has 80 valence electrons. The van der Waals surface area contributed by atoms with E-state index in [0.717, 1.165) is 19.4 Å². The van der Waals surface area contributed by atoms with Crippen molar-refractivity contribution in [1.82, 2.24) is 4.90 Å². The molecule has 0 aromatic carbocycles. The van der Waals surface area contributed by atoms with Crippen LogP contribution < -0.4 is 0 Å². The molecule has 0 aliphatic rings. The minimum Gasteiger partial charge on any atom is -0.385 e. The van der Waals surface area contributed by atoms with Gasteiger partial charge in [-0.05, 0) is 26.7 Å². The second kappa shape index (κ2) is 7.26. The molecule has 2 N–H and O–H groups in total. The molecule has 0 aromatic heterocycles. The maximum atomic E-state index is 9.27. The lowest BCUT2D eigenvalue weighted by molar-refractivity contribution is -0.0848. The number of ether oxygens (including phenoxy) is 1. The fourth-order valence-electron chi connectivity index (χ4n) is 1.23. The SMILES string of the molecule is COCCCCN(C(C)O)C(C)O. The van der Waals surface area contributed by atoms with Crippen LogP contribution in [0.5, 0.6) is 0 Å². The largest absolute Gasteiger partial charge is 0.385 e. The first-order valence-electron chi connectivity index (χ1n) is 4.70. The summed E-state index contributed by atoms with van der Waals surface area (Å²) in [4.78, 5) is 1.63. The minimum atomic E-state index is -0.595. The van der Waals surface area contributed by atoms with Crippen molar-refractivity contribution >= 4 is 0 Å². The fraction of sp³-hybridized carbons (Fsp3) is 1.00. The van der Waals surface area contributed by atoms with Gasteiger partial charge >= 0.3 is 0 Å². The molecule has 0 amide bonds. The van der Waals surface area contributed by atoms with E-state index in [2.05, 4.69) is 0 Å². The van der Waals surface area contributed by atoms with E-state index < -0.39 is 12.5 Å². The summed E-state index contributed by atoms with van der Waals surface area (Å²) in [5.74, 6) is 0. The highest BCUT2D eigenvalue weighted by Crippen LogP contribution is 2.03. The number of nitrogens with zero attached hydrogens (tertiary/aromatic N) is 1. The Labute approximate surface area is 80.1 Å². The van der Waals surface area contributed by atoms with E-state index in [1.165, 1.54) is 0 Å². The molecule has 2 atom stereocenters. The summed E-state index contributed by atoms with van der Waals surface area (Å²) in [7, 11) is 1.67. The standard InChI is InChI=1S/C9H21NO3/c1-8(11)10(9(2)12)6-4-5-7-13-3/h8-9,11-12H,4-7H2,1-3H3. The molecule has 0 saturated heterocycles. The lowest BCUT2D eigenvalue weighted by Gasteiger charge is -2.27. The Morgan fingerprint density at radius 1 is 1.15 bits per heavy atom. The van der Waals surface area contributed by atoms with Crippen LogP contribution in [0, 0.1) is 0 Å². The van der Waals surface area contributed by atoms with Crippen LogP contribution in [-0.2, 0) is 4.74 Å². The van der Waals surface area contributed by atoms with Gasteiger partial charge in [0, 0.05) is 20.3 Å². The van der Waals surface area contributed by atoms with E-state index in [-0.39, 0.29) is 0 Å². The molecule has 0 aliphatic heterocycles. The highest BCUT2D eigenvalue weighted by molar-refractivity contribution is 4.58. The molecule has 0 radical (unpaired) electrons. The number of hydrogen-bond donors (Lipinski definition) is 2. The summed E-state index contributed by atoms with van der Waals surface area (Å²) in [6.07, 6.45) is 0.681. The molecule has 4 heteroatoms. The number of rotatable bonds is 7. The zero-order valence-electron chi connectivity index (χ0n) is 8.73. The molecule has 2 unspecified atom stereocenters. The number of methoxy groups -OCH3 is 1. The van der Waals surface area contributed by atoms with E-state index in [1.807, 2.05) is 0 Å². The molecule has 0 rings (SSSR count). The molecule has 0 bridgehead atoms. The number of unbranched alkanes of at least 4 members (excludes halogenated alkanes) is 1. The maximum absolute atomic E-state index is 9.27. The molecule has 0 fully saturated rings. The van der Waals surface area contributed by atoms with Gasteiger partial charge in [-0.25, -0.2) is 0 Å². The van der Waals surface area contributed by atoms with Crippen LogP contribution in [0.1, 0.15) is 26.7 Å². The summed E-state index contributed by atoms with van der Waals surface area (Å²) >= 11 is 0. The Morgan fingerprint density at radius 3 is 2.08 bits per heavy atom. The van der Waals surface area contributed by atoms with Crippen LogP contribution in [0.3, 0.4) is 0 Å². The predicted molar refractivity (Wildman–Crippen MR) is 51.2 cm³/mol. The van der Waals surface area contributed by atoms with Gasteiger partial charge in [-0.3, -0.25) is 4.90 Å². The molecular weight excluding hydrogens is 170 g/mol. The predicted octanol–water partition coefficient (Wildman–Crippen LogP) is 0.392. The van der Waals surface area contributed by atoms with Crippen molar-refractivity contribution in [2.45, 2.75) is 39.1 Å². The third-order valence-electron chi connectivity index (χ3n) is 1.97. The molecule has 0 aromatic rings. The molecule has 0 aliphatic carbocycles. The van der Waals surface area contributed by atoms with Crippen molar-refractivity contribution in [3.63, 3.8) is 0 Å². The van der Waals surface area contributed by atoms with E-state index in [1.54, 1.807) is 25.9 Å². The van der Waals surface area contributed by atoms with Crippen molar-refractivity contribution in [2.24, 2.45) is 0 Å². The van der Waals surface area contributed by atoms with Gasteiger partial charge in [0.15, 0.2) is 0 Å². The zero-order chi connectivity index (χ0) is 10.3. The van der Waals surface area contributed by atoms with E-state index in [9.17, 15) is 10.2 Å². The third kappa shape index (κ3) is 5.99. The Hall–Kier alpha value is -0.160. The number of aliphatic hydroxyl groups excluding tert-OH is 2. The van der Waals surface area contributed by atoms with Gasteiger partial charge < -0.3 is 14.9 Å². The first-order valence-corrected chi connectivity index (χ1v) is 4.70. The van der Waals surface area contributed by atoms with Gasteiger partial charge in [-0.15, -0.1) is 0 Å². The van der Waals surface area contributed by atoms with Gasteiger partial charge in [0.1, 0.15) is 12.5 Å². The molecular formula is C9H21NO3. The van der Waals surface area contributed by atoms with Gasteiger partial charge in [0.2, 0.25) is 0 Å². The highest BCUT2D eigenvalue weighted by Gasteiger charge is 2.14. The fourth-order valence-corrected chi connectivity index (χ4v) is 1.23. The Balaban J connectivity index is 3.58. The summed E-state index contributed by atoms with van der Waals surface area (Å²) < 4.78 is 4.90. The normalized spacial score (nSPS) is 16.2. The van der Waals surface area contributed by atoms with Crippen molar-refractivity contribution in [2.75, 3.05) is 20.3 Å². The lowest BCUT2D eigenvalue weighted by Crippen LogP contribution is -2.40. The Kier molecular flexibility index (Phi) is 7.17. The van der Waals surface area contributed by atoms with E-state index >= 15 is 0 Å². The average Bonchev–Trinajstić information content (AvgIpc) is 2.02. The first-order chi connectivity index (χ1) is 6.09. The van der Waals surface area contributed by atoms with E-state index in [4.69, 9.17) is 4.74 Å². The Morgan fingerprint density at radius 2 is 1.69 bits per heavy atom. The third-order valence-corrected chi connectivity index (χ3v) is 1.97. The second-order valence-electron chi connectivity index (χ2n) is 3.20. The van der Waals surface area contributed by atoms with Crippen LogP contribution in [0.15, 0.2) is 0 Å². The summed E-state index contributed by atoms with van der Waals surface area (Å²) in [6, 6.07) is 0. The second-order valence-corrected chi connectivity index (χ2v) is 3.20. The lowest BCUT2D eigenvalue weighted by atomic mass is 10.3. The summed E-state index contributed by atoms with van der Waals surface area (Å²) in [5.41, 5.74) is 0. The number of hydrogen-bond acceptors (Lipinski definition) is 4. The summed E-state index contributed by atoms with van der Waals surface area (Å²) in [6.45, 7) is 4.73. The molecule has 13 heavy (non-hydrogen) atoms. The van der Waals surface area contributed by atoms with Crippen molar-refractivity contribution in [1.29, 1.82) is 0 Å². The number of aliphatic hydroxyl groups is 2. The van der Waals surface area contributed by atoms with Crippen molar-refractivity contribution < 1.29 is 14.9 Å². The van der Waals surface area contributed by atoms with Crippen molar-refractivity contribution in [3.8, 4) is 0 Å². The van der Waals surface area contributed by atoms with E-state index in [0.29, 0.717) is 6.54 Å². The van der Waals surface area contributed by atoms with Gasteiger partial charge in [0.05, 0.1) is 0 Å². The molecule has 0 spiro atoms. The average molecular weight is 191 g/mol. The minimum absolute atomic E-state index is 0.595. The monoisotopic (exact) mass is 191 g/mol. The van der Waals surface area contributed by atoms with Crippen LogP contribution in [0.25, 0.3) is 0 Å². The van der Waals surface area contributed by atoms with Crippen LogP contribution in [-0.4, -0.2) is 47.8 Å². The highest BCUT2D eigenvalue weighted by atomic mass is 16.5. The molecule has 4 nitrogen and oxygen atoms in total. The van der Waals surface area contributed by atoms with Gasteiger partial charge in [-0.2, -0.15) is 0 Å². The maximum Gasteiger partial charge on any atom is 0.106 e. The van der Waals surface area contributed by atoms with Crippen LogP contribution in [0.2, 0.25) is 0 Å². The van der Waals surface area contributed by atoms with Crippen LogP contribution in [0.4, 0.5) is 0 Å².